The van der Waals surface area contributed by atoms with Crippen LogP contribution in [0.25, 0.3) is 0 Å². The Morgan fingerprint density at radius 2 is 1.50 bits per heavy atom. The van der Waals surface area contributed by atoms with Gasteiger partial charge in [0.2, 0.25) is 0 Å². The predicted octanol–water partition coefficient (Wildman–Crippen LogP) is 4.67. The molecule has 1 heterocycles. The molecule has 2 bridgehead atoms. The quantitative estimate of drug-likeness (QED) is 0.693. The lowest BCUT2D eigenvalue weighted by atomic mass is 9.48. The third-order valence-corrected chi connectivity index (χ3v) is 9.21. The molecule has 8 atom stereocenters. The second-order valence-electron chi connectivity index (χ2n) is 9.48. The predicted molar refractivity (Wildman–Crippen MR) is 87.1 cm³/mol. The SMILES string of the molecule is CCC1CC(CC)C2C1C1CC2C2(C)C(C)(C)OC(=O)C12C. The highest BCUT2D eigenvalue weighted by atomic mass is 16.6. The molecule has 0 spiro atoms. The topological polar surface area (TPSA) is 26.3 Å². The van der Waals surface area contributed by atoms with Gasteiger partial charge in [-0.15, -0.1) is 0 Å². The first-order valence-electron chi connectivity index (χ1n) is 9.47. The number of hydrogen-bond donors (Lipinski definition) is 0. The van der Waals surface area contributed by atoms with Crippen LogP contribution in [0.5, 0.6) is 0 Å². The van der Waals surface area contributed by atoms with Crippen LogP contribution in [0.1, 0.15) is 67.2 Å². The molecule has 124 valence electrons. The van der Waals surface area contributed by atoms with Crippen molar-refractivity contribution in [2.75, 3.05) is 0 Å². The van der Waals surface area contributed by atoms with Crippen molar-refractivity contribution >= 4 is 5.97 Å². The molecule has 22 heavy (non-hydrogen) atoms. The molecule has 2 nitrogen and oxygen atoms in total. The van der Waals surface area contributed by atoms with E-state index in [-0.39, 0.29) is 22.4 Å². The highest BCUT2D eigenvalue weighted by Crippen LogP contribution is 2.80. The summed E-state index contributed by atoms with van der Waals surface area (Å²) >= 11 is 0. The van der Waals surface area contributed by atoms with Crippen molar-refractivity contribution in [3.63, 3.8) is 0 Å². The minimum absolute atomic E-state index is 0.0129. The lowest BCUT2D eigenvalue weighted by Gasteiger charge is -2.52. The minimum atomic E-state index is -0.314. The molecule has 4 aliphatic rings. The normalized spacial score (nSPS) is 57.8. The Hall–Kier alpha value is -0.530. The van der Waals surface area contributed by atoms with Crippen molar-refractivity contribution in [2.24, 2.45) is 46.3 Å². The lowest BCUT2D eigenvalue weighted by molar-refractivity contribution is -0.154. The summed E-state index contributed by atoms with van der Waals surface area (Å²) in [6.07, 6.45) is 5.26. The molecule has 0 N–H and O–H groups in total. The van der Waals surface area contributed by atoms with E-state index in [0.717, 1.165) is 23.7 Å². The Bertz CT molecular complexity index is 524. The van der Waals surface area contributed by atoms with Crippen molar-refractivity contribution in [3.8, 4) is 0 Å². The van der Waals surface area contributed by atoms with Crippen LogP contribution in [0.4, 0.5) is 0 Å². The first kappa shape index (κ1) is 15.0. The van der Waals surface area contributed by atoms with E-state index in [2.05, 4.69) is 41.5 Å². The summed E-state index contributed by atoms with van der Waals surface area (Å²) in [6.45, 7) is 13.7. The van der Waals surface area contributed by atoms with Crippen LogP contribution in [0.2, 0.25) is 0 Å². The van der Waals surface area contributed by atoms with Gasteiger partial charge in [0.15, 0.2) is 0 Å². The average Bonchev–Trinajstić information content (AvgIpc) is 3.10. The Morgan fingerprint density at radius 3 is 2.05 bits per heavy atom. The van der Waals surface area contributed by atoms with Crippen LogP contribution in [0, 0.1) is 46.3 Å². The summed E-state index contributed by atoms with van der Waals surface area (Å²) < 4.78 is 5.97. The van der Waals surface area contributed by atoms with E-state index >= 15 is 0 Å². The molecule has 1 aliphatic heterocycles. The highest BCUT2D eigenvalue weighted by Gasteiger charge is 2.82. The maximum atomic E-state index is 12.9. The van der Waals surface area contributed by atoms with Crippen LogP contribution < -0.4 is 0 Å². The van der Waals surface area contributed by atoms with Crippen molar-refractivity contribution in [1.29, 1.82) is 0 Å². The van der Waals surface area contributed by atoms with E-state index in [1.165, 1.54) is 25.7 Å². The van der Waals surface area contributed by atoms with Gasteiger partial charge < -0.3 is 4.74 Å². The smallest absolute Gasteiger partial charge is 0.313 e. The molecule has 1 saturated heterocycles. The zero-order chi connectivity index (χ0) is 16.1. The molecular formula is C20H32O2. The van der Waals surface area contributed by atoms with Gasteiger partial charge in [0.25, 0.3) is 0 Å². The van der Waals surface area contributed by atoms with E-state index < -0.39 is 0 Å². The molecule has 0 aromatic heterocycles. The molecule has 4 rings (SSSR count). The van der Waals surface area contributed by atoms with Gasteiger partial charge in [-0.3, -0.25) is 4.79 Å². The Morgan fingerprint density at radius 1 is 0.955 bits per heavy atom. The van der Waals surface area contributed by atoms with E-state index in [0.29, 0.717) is 11.8 Å². The van der Waals surface area contributed by atoms with E-state index in [1.807, 2.05) is 0 Å². The molecular weight excluding hydrogens is 272 g/mol. The molecule has 8 unspecified atom stereocenters. The van der Waals surface area contributed by atoms with E-state index in [1.54, 1.807) is 0 Å². The summed E-state index contributed by atoms with van der Waals surface area (Å²) in [7, 11) is 0. The van der Waals surface area contributed by atoms with E-state index in [9.17, 15) is 4.79 Å². The van der Waals surface area contributed by atoms with Gasteiger partial charge in [0.1, 0.15) is 5.60 Å². The van der Waals surface area contributed by atoms with Crippen LogP contribution in [-0.2, 0) is 9.53 Å². The largest absolute Gasteiger partial charge is 0.459 e. The van der Waals surface area contributed by atoms with Crippen LogP contribution in [0.3, 0.4) is 0 Å². The van der Waals surface area contributed by atoms with Crippen LogP contribution in [-0.4, -0.2) is 11.6 Å². The fourth-order valence-corrected chi connectivity index (χ4v) is 7.88. The maximum Gasteiger partial charge on any atom is 0.313 e. The number of hydrogen-bond acceptors (Lipinski definition) is 2. The number of rotatable bonds is 2. The summed E-state index contributed by atoms with van der Waals surface area (Å²) in [5.41, 5.74) is -0.552. The molecule has 0 radical (unpaired) electrons. The lowest BCUT2D eigenvalue weighted by Crippen LogP contribution is -2.55. The van der Waals surface area contributed by atoms with Gasteiger partial charge in [0, 0.05) is 5.41 Å². The standard InChI is InChI=1S/C20H32O2/c1-7-11-9-12(8-2)16-14-10-13(15(11)16)19(5)17(21)22-18(3,4)20(14,19)6/h11-16H,7-10H2,1-6H3. The number of carbonyl (C=O) groups excluding carboxylic acids is 1. The fraction of sp³-hybridized carbons (Fsp3) is 0.950. The molecule has 3 aliphatic carbocycles. The summed E-state index contributed by atoms with van der Waals surface area (Å²) in [6, 6.07) is 0. The summed E-state index contributed by atoms with van der Waals surface area (Å²) in [5.74, 6) is 4.66. The molecule has 2 heteroatoms. The molecule has 4 fully saturated rings. The second kappa shape index (κ2) is 4.11. The number of fused-ring (bicyclic) bond motifs is 8. The van der Waals surface area contributed by atoms with Gasteiger partial charge >= 0.3 is 5.97 Å². The van der Waals surface area contributed by atoms with Gasteiger partial charge in [-0.05, 0) is 69.1 Å². The number of cyclic esters (lactones) is 1. The molecule has 0 aromatic carbocycles. The molecule has 3 saturated carbocycles. The minimum Gasteiger partial charge on any atom is -0.459 e. The third kappa shape index (κ3) is 1.26. The number of ether oxygens (including phenoxy) is 1. The Balaban J connectivity index is 1.85. The van der Waals surface area contributed by atoms with Gasteiger partial charge in [-0.2, -0.15) is 0 Å². The molecule has 0 amide bonds. The Labute approximate surface area is 135 Å². The Kier molecular flexibility index (Phi) is 2.80. The maximum absolute atomic E-state index is 12.9. The van der Waals surface area contributed by atoms with Gasteiger partial charge in [0.05, 0.1) is 5.41 Å². The summed E-state index contributed by atoms with van der Waals surface area (Å²) in [5, 5.41) is 0. The van der Waals surface area contributed by atoms with Crippen molar-refractivity contribution in [1.82, 2.24) is 0 Å². The van der Waals surface area contributed by atoms with E-state index in [4.69, 9.17) is 4.74 Å². The van der Waals surface area contributed by atoms with Crippen LogP contribution in [0.15, 0.2) is 0 Å². The molecule has 0 aromatic rings. The summed E-state index contributed by atoms with van der Waals surface area (Å²) in [4.78, 5) is 12.9. The zero-order valence-electron chi connectivity index (χ0n) is 15.1. The third-order valence-electron chi connectivity index (χ3n) is 9.21. The van der Waals surface area contributed by atoms with Gasteiger partial charge in [-0.1, -0.05) is 33.6 Å². The second-order valence-corrected chi connectivity index (χ2v) is 9.48. The highest BCUT2D eigenvalue weighted by molar-refractivity contribution is 5.82. The van der Waals surface area contributed by atoms with Crippen molar-refractivity contribution < 1.29 is 9.53 Å². The monoisotopic (exact) mass is 304 g/mol. The fourth-order valence-electron chi connectivity index (χ4n) is 7.88. The number of carbonyl (C=O) groups is 1. The van der Waals surface area contributed by atoms with Crippen molar-refractivity contribution in [3.05, 3.63) is 0 Å². The average molecular weight is 304 g/mol. The van der Waals surface area contributed by atoms with Crippen LogP contribution >= 0.6 is 0 Å². The number of esters is 1. The van der Waals surface area contributed by atoms with Crippen molar-refractivity contribution in [2.45, 2.75) is 72.8 Å². The zero-order valence-corrected chi connectivity index (χ0v) is 15.1. The first-order valence-corrected chi connectivity index (χ1v) is 9.47. The first-order chi connectivity index (χ1) is 10.2. The van der Waals surface area contributed by atoms with Gasteiger partial charge in [-0.25, -0.2) is 0 Å².